The Balaban J connectivity index is 1.55. The van der Waals surface area contributed by atoms with Crippen molar-refractivity contribution in [2.24, 2.45) is 4.99 Å². The maximum absolute atomic E-state index is 5.32. The molecule has 0 bridgehead atoms. The fourth-order valence-corrected chi connectivity index (χ4v) is 3.90. The summed E-state index contributed by atoms with van der Waals surface area (Å²) in [5.41, 5.74) is 2.54. The van der Waals surface area contributed by atoms with Gasteiger partial charge in [0.15, 0.2) is 5.96 Å². The average molecular weight is 411 g/mol. The Bertz CT molecular complexity index is 801. The minimum Gasteiger partial charge on any atom is -0.497 e. The van der Waals surface area contributed by atoms with Gasteiger partial charge in [0.05, 0.1) is 20.3 Å². The van der Waals surface area contributed by atoms with Crippen molar-refractivity contribution < 1.29 is 9.47 Å². The summed E-state index contributed by atoms with van der Waals surface area (Å²) in [5, 5.41) is 6.95. The molecule has 1 heterocycles. The smallest absolute Gasteiger partial charge is 0.191 e. The van der Waals surface area contributed by atoms with Gasteiger partial charge in [-0.05, 0) is 67.7 Å². The molecule has 0 aromatic heterocycles. The topological polar surface area (TPSA) is 58.1 Å². The second-order valence-electron chi connectivity index (χ2n) is 7.51. The van der Waals surface area contributed by atoms with Crippen molar-refractivity contribution in [3.63, 3.8) is 0 Å². The molecule has 6 heteroatoms. The van der Waals surface area contributed by atoms with E-state index in [0.717, 1.165) is 50.1 Å². The van der Waals surface area contributed by atoms with Crippen LogP contribution in [0.4, 0.5) is 0 Å². The highest BCUT2D eigenvalue weighted by molar-refractivity contribution is 5.79. The van der Waals surface area contributed by atoms with E-state index < -0.39 is 0 Å². The van der Waals surface area contributed by atoms with Gasteiger partial charge in [-0.1, -0.05) is 24.3 Å². The lowest BCUT2D eigenvalue weighted by atomic mass is 10.1. The number of hydrogen-bond donors (Lipinski definition) is 2. The van der Waals surface area contributed by atoms with Gasteiger partial charge < -0.3 is 20.1 Å². The van der Waals surface area contributed by atoms with E-state index in [1.165, 1.54) is 24.0 Å². The minimum absolute atomic E-state index is 0.315. The normalized spacial score (nSPS) is 15.6. The van der Waals surface area contributed by atoms with Crippen molar-refractivity contribution in [3.05, 3.63) is 59.7 Å². The highest BCUT2D eigenvalue weighted by atomic mass is 16.5. The molecule has 1 unspecified atom stereocenters. The summed E-state index contributed by atoms with van der Waals surface area (Å²) in [5.74, 6) is 2.61. The van der Waals surface area contributed by atoms with Gasteiger partial charge in [0.25, 0.3) is 0 Å². The van der Waals surface area contributed by atoms with Crippen LogP contribution in [0.2, 0.25) is 0 Å². The Kier molecular flexibility index (Phi) is 8.39. The Morgan fingerprint density at radius 2 is 1.73 bits per heavy atom. The highest BCUT2D eigenvalue weighted by Gasteiger charge is 2.23. The molecular weight excluding hydrogens is 376 g/mol. The number of guanidine groups is 1. The summed E-state index contributed by atoms with van der Waals surface area (Å²) in [4.78, 5) is 6.96. The van der Waals surface area contributed by atoms with Crippen molar-refractivity contribution in [1.29, 1.82) is 0 Å². The summed E-state index contributed by atoms with van der Waals surface area (Å²) >= 11 is 0. The monoisotopic (exact) mass is 410 g/mol. The Labute approximate surface area is 180 Å². The lowest BCUT2D eigenvalue weighted by Gasteiger charge is -2.29. The third-order valence-electron chi connectivity index (χ3n) is 5.61. The first-order chi connectivity index (χ1) is 14.7. The van der Waals surface area contributed by atoms with Gasteiger partial charge in [0.2, 0.25) is 0 Å². The average Bonchev–Trinajstić information content (AvgIpc) is 3.33. The van der Waals surface area contributed by atoms with Gasteiger partial charge in [-0.25, -0.2) is 0 Å². The van der Waals surface area contributed by atoms with E-state index in [1.807, 2.05) is 31.3 Å². The predicted octanol–water partition coefficient (Wildman–Crippen LogP) is 3.25. The third kappa shape index (κ3) is 6.13. The minimum atomic E-state index is 0.315. The highest BCUT2D eigenvalue weighted by Crippen LogP contribution is 2.26. The van der Waals surface area contributed by atoms with E-state index in [4.69, 9.17) is 9.47 Å². The second-order valence-corrected chi connectivity index (χ2v) is 7.51. The molecule has 0 spiro atoms. The molecule has 0 radical (unpaired) electrons. The zero-order valence-corrected chi connectivity index (χ0v) is 18.4. The molecule has 1 saturated heterocycles. The van der Waals surface area contributed by atoms with Crippen molar-refractivity contribution in [3.8, 4) is 11.5 Å². The molecule has 2 N–H and O–H groups in total. The second kappa shape index (κ2) is 11.5. The summed E-state index contributed by atoms with van der Waals surface area (Å²) in [6.07, 6.45) is 3.44. The molecule has 1 aliphatic heterocycles. The van der Waals surface area contributed by atoms with Gasteiger partial charge >= 0.3 is 0 Å². The zero-order chi connectivity index (χ0) is 21.2. The van der Waals surface area contributed by atoms with Crippen LogP contribution < -0.4 is 20.1 Å². The molecule has 0 saturated carbocycles. The number of rotatable bonds is 9. The first-order valence-electron chi connectivity index (χ1n) is 10.7. The molecule has 2 aromatic rings. The Morgan fingerprint density at radius 1 is 1.00 bits per heavy atom. The van der Waals surface area contributed by atoms with Crippen molar-refractivity contribution in [2.45, 2.75) is 25.3 Å². The van der Waals surface area contributed by atoms with Crippen LogP contribution >= 0.6 is 0 Å². The molecular formula is C24H34N4O2. The van der Waals surface area contributed by atoms with Crippen LogP contribution in [0.15, 0.2) is 53.5 Å². The van der Waals surface area contributed by atoms with Gasteiger partial charge in [-0.2, -0.15) is 0 Å². The number of nitrogens with one attached hydrogen (secondary N) is 2. The van der Waals surface area contributed by atoms with Crippen LogP contribution in [0.5, 0.6) is 11.5 Å². The van der Waals surface area contributed by atoms with Crippen LogP contribution in [0.3, 0.4) is 0 Å². The number of nitrogens with zero attached hydrogens (tertiary/aromatic N) is 2. The lowest BCUT2D eigenvalue weighted by molar-refractivity contribution is 0.245. The molecule has 162 valence electrons. The van der Waals surface area contributed by atoms with Crippen LogP contribution in [0.25, 0.3) is 0 Å². The van der Waals surface area contributed by atoms with Crippen LogP contribution in [0, 0.1) is 0 Å². The van der Waals surface area contributed by atoms with E-state index in [1.54, 1.807) is 14.2 Å². The van der Waals surface area contributed by atoms with E-state index in [0.29, 0.717) is 6.04 Å². The van der Waals surface area contributed by atoms with Crippen LogP contribution in [-0.2, 0) is 6.42 Å². The number of methoxy groups -OCH3 is 2. The fraction of sp³-hybridized carbons (Fsp3) is 0.458. The number of likely N-dealkylation sites (tertiary alicyclic amines) is 1. The number of hydrogen-bond acceptors (Lipinski definition) is 4. The standard InChI is InChI=1S/C24H34N4O2/c1-25-24(26-14-13-19-7-6-8-22(17-19)30-3)27-18-23(28-15-4-5-16-28)20-9-11-21(29-2)12-10-20/h6-12,17,23H,4-5,13-16,18H2,1-3H3,(H2,25,26,27). The summed E-state index contributed by atoms with van der Waals surface area (Å²) in [6, 6.07) is 16.9. The summed E-state index contributed by atoms with van der Waals surface area (Å²) in [7, 11) is 5.22. The first-order valence-corrected chi connectivity index (χ1v) is 10.7. The lowest BCUT2D eigenvalue weighted by Crippen LogP contribution is -2.43. The SMILES string of the molecule is CN=C(NCCc1cccc(OC)c1)NCC(c1ccc(OC)cc1)N1CCCC1. The molecule has 2 aromatic carbocycles. The quantitative estimate of drug-likeness (QED) is 0.491. The molecule has 6 nitrogen and oxygen atoms in total. The zero-order valence-electron chi connectivity index (χ0n) is 18.4. The van der Waals surface area contributed by atoms with E-state index >= 15 is 0 Å². The third-order valence-corrected chi connectivity index (χ3v) is 5.61. The van der Waals surface area contributed by atoms with Crippen molar-refractivity contribution in [2.75, 3.05) is 47.4 Å². The van der Waals surface area contributed by atoms with E-state index in [2.05, 4.69) is 44.8 Å². The van der Waals surface area contributed by atoms with Gasteiger partial charge in [-0.3, -0.25) is 9.89 Å². The Hall–Kier alpha value is -2.73. The molecule has 0 amide bonds. The van der Waals surface area contributed by atoms with Crippen LogP contribution in [-0.4, -0.2) is 58.3 Å². The molecule has 1 atom stereocenters. The predicted molar refractivity (Wildman–Crippen MR) is 123 cm³/mol. The fourth-order valence-electron chi connectivity index (χ4n) is 3.90. The molecule has 0 aliphatic carbocycles. The maximum Gasteiger partial charge on any atom is 0.191 e. The number of benzene rings is 2. The molecule has 30 heavy (non-hydrogen) atoms. The first kappa shape index (κ1) is 22.0. The van der Waals surface area contributed by atoms with Crippen molar-refractivity contribution >= 4 is 5.96 Å². The number of aliphatic imine (C=N–C) groups is 1. The largest absolute Gasteiger partial charge is 0.497 e. The van der Waals surface area contributed by atoms with E-state index in [-0.39, 0.29) is 0 Å². The summed E-state index contributed by atoms with van der Waals surface area (Å²) in [6.45, 7) is 3.90. The van der Waals surface area contributed by atoms with Gasteiger partial charge in [-0.15, -0.1) is 0 Å². The molecule has 1 fully saturated rings. The van der Waals surface area contributed by atoms with Gasteiger partial charge in [0, 0.05) is 20.1 Å². The Morgan fingerprint density at radius 3 is 2.40 bits per heavy atom. The number of ether oxygens (including phenoxy) is 2. The summed E-state index contributed by atoms with van der Waals surface area (Å²) < 4.78 is 10.6. The maximum atomic E-state index is 5.32. The van der Waals surface area contributed by atoms with E-state index in [9.17, 15) is 0 Å². The van der Waals surface area contributed by atoms with Crippen molar-refractivity contribution in [1.82, 2.24) is 15.5 Å². The van der Waals surface area contributed by atoms with Crippen LogP contribution in [0.1, 0.15) is 30.0 Å². The molecule has 3 rings (SSSR count). The molecule has 1 aliphatic rings. The van der Waals surface area contributed by atoms with Gasteiger partial charge in [0.1, 0.15) is 11.5 Å².